The van der Waals surface area contributed by atoms with Gasteiger partial charge in [-0.25, -0.2) is 5.31 Å². The van der Waals surface area contributed by atoms with Crippen molar-refractivity contribution < 1.29 is 199 Å². The van der Waals surface area contributed by atoms with Crippen LogP contribution in [0.2, 0.25) is 0 Å². The van der Waals surface area contributed by atoms with Gasteiger partial charge in [-0.2, -0.15) is 0 Å². The second kappa shape index (κ2) is 29.2. The molecule has 0 saturated heterocycles. The smallest absolute Gasteiger partial charge is 0.907 e. The van der Waals surface area contributed by atoms with Gasteiger partial charge in [0.25, 0.3) is 0 Å². The summed E-state index contributed by atoms with van der Waals surface area (Å²) in [6.07, 6.45) is 0. The molecule has 0 aromatic rings. The molecule has 0 aromatic carbocycles. The van der Waals surface area contributed by atoms with Crippen LogP contribution in [0.15, 0.2) is 0 Å². The summed E-state index contributed by atoms with van der Waals surface area (Å²) in [5.74, 6) is 0. The Kier molecular flexibility index (Phi) is 94.9. The van der Waals surface area contributed by atoms with Crippen molar-refractivity contribution in [3.05, 3.63) is 0 Å². The third-order valence-electron chi connectivity index (χ3n) is 0. The first kappa shape index (κ1) is 29.2. The first-order valence-electron chi connectivity index (χ1n) is 0.876. The molecule has 0 aromatic heterocycles. The maximum absolute atomic E-state index is 8.50. The van der Waals surface area contributed by atoms with Crippen LogP contribution in [0.5, 0.6) is 0 Å². The average Bonchev–Trinajstić information content (AvgIpc) is 1.41. The molecule has 0 unspecified atom stereocenters. The van der Waals surface area contributed by atoms with Crippen molar-refractivity contribution in [1.29, 1.82) is 0 Å². The van der Waals surface area contributed by atoms with Gasteiger partial charge in [-0.05, 0) is 0 Å². The van der Waals surface area contributed by atoms with Gasteiger partial charge in [0.1, 0.15) is 0 Å². The van der Waals surface area contributed by atoms with E-state index in [1.165, 1.54) is 0 Å². The summed E-state index contributed by atoms with van der Waals surface area (Å²) < 4.78 is 8.50. The van der Waals surface area contributed by atoms with Gasteiger partial charge < -0.3 is 15.1 Å². The van der Waals surface area contributed by atoms with E-state index in [9.17, 15) is 0 Å². The summed E-state index contributed by atoms with van der Waals surface area (Å²) in [5, 5.41) is 30.8. The SMILES string of the molecule is OF.[O-]B([O-])[O-].[Rb+].[Rb+].[Rb+]. The molecule has 0 radical (unpaired) electrons. The van der Waals surface area contributed by atoms with Gasteiger partial charge in [0, 0.05) is 0 Å². The zero-order chi connectivity index (χ0) is 5.58. The topological polar surface area (TPSA) is 89.4 Å². The van der Waals surface area contributed by atoms with Crippen LogP contribution in [0, 0.1) is 0 Å². The minimum atomic E-state index is -2.92. The van der Waals surface area contributed by atoms with Crippen molar-refractivity contribution in [2.75, 3.05) is 0 Å². The van der Waals surface area contributed by atoms with Crippen LogP contribution in [-0.4, -0.2) is 12.6 Å². The fourth-order valence-electron chi connectivity index (χ4n) is 0. The second-order valence-corrected chi connectivity index (χ2v) is 0.289. The van der Waals surface area contributed by atoms with E-state index >= 15 is 0 Å². The van der Waals surface area contributed by atoms with Gasteiger partial charge in [-0.15, -0.1) is 0 Å². The minimum absolute atomic E-state index is 0. The Hall–Kier alpha value is 5.25. The Bertz CT molecular complexity index is 20.5. The van der Waals surface area contributed by atoms with E-state index in [-0.39, 0.29) is 175 Å². The van der Waals surface area contributed by atoms with E-state index in [0.717, 1.165) is 0 Å². The van der Waals surface area contributed by atoms with Crippen LogP contribution in [0.4, 0.5) is 4.53 Å². The largest absolute Gasteiger partial charge is 1.00 e. The predicted molar refractivity (Wildman–Crippen MR) is 9.08 cm³/mol. The Balaban J connectivity index is -0.00000000990. The van der Waals surface area contributed by atoms with Crippen molar-refractivity contribution in [2.24, 2.45) is 0 Å². The van der Waals surface area contributed by atoms with E-state index in [4.69, 9.17) is 24.9 Å². The molecule has 0 bridgehead atoms. The number of hydrogen-bond acceptors (Lipinski definition) is 4. The number of hydrogen-bond donors (Lipinski definition) is 1. The molecule has 0 aliphatic heterocycles. The third kappa shape index (κ3) is 60.8. The molecule has 38 valence electrons. The molecule has 0 spiro atoms. The van der Waals surface area contributed by atoms with Crippen molar-refractivity contribution in [3.63, 3.8) is 0 Å². The average molecular weight is 351 g/mol. The third-order valence-corrected chi connectivity index (χ3v) is 0. The molecule has 9 heteroatoms. The van der Waals surface area contributed by atoms with Crippen LogP contribution >= 0.6 is 0 Å². The molecule has 0 aliphatic carbocycles. The van der Waals surface area contributed by atoms with E-state index in [1.54, 1.807) is 0 Å². The van der Waals surface area contributed by atoms with Crippen LogP contribution in [-0.2, 0) is 0 Å². The molecule has 0 heterocycles. The Morgan fingerprint density at radius 2 is 0.889 bits per heavy atom. The molecule has 0 saturated carbocycles. The minimum Gasteiger partial charge on any atom is -0.907 e. The molecule has 0 amide bonds. The summed E-state index contributed by atoms with van der Waals surface area (Å²) in [6.45, 7) is 0. The fraction of sp³-hybridized carbons (Fsp3) is 0. The van der Waals surface area contributed by atoms with Crippen molar-refractivity contribution in [1.82, 2.24) is 0 Å². The van der Waals surface area contributed by atoms with Gasteiger partial charge in [0.05, 0.1) is 0 Å². The summed E-state index contributed by atoms with van der Waals surface area (Å²) in [6, 6.07) is 0. The molecular formula is HBFO4Rb3. The van der Waals surface area contributed by atoms with Gasteiger partial charge in [-0.3, -0.25) is 7.32 Å². The zero-order valence-corrected chi connectivity index (χ0v) is 20.4. The molecule has 1 N–H and O–H groups in total. The molecule has 0 aliphatic rings. The maximum Gasteiger partial charge on any atom is 1.00 e. The predicted octanol–water partition coefficient (Wildman–Crippen LogP) is -13.1. The van der Waals surface area contributed by atoms with Crippen molar-refractivity contribution in [3.8, 4) is 0 Å². The first-order chi connectivity index (χ1) is 2.73. The van der Waals surface area contributed by atoms with Crippen LogP contribution in [0.1, 0.15) is 0 Å². The molecule has 4 nitrogen and oxygen atoms in total. The first-order valence-corrected chi connectivity index (χ1v) is 0.876. The monoisotopic (exact) mass is 350 g/mol. The van der Waals surface area contributed by atoms with Crippen LogP contribution in [0.25, 0.3) is 0 Å². The standard InChI is InChI=1S/BO3.FHO.3Rb/c2-1(3)4;1-2;;;/h;2H;;;/q-3;;3*+1. The normalized spacial score (nSPS) is 3.67. The Morgan fingerprint density at radius 3 is 0.889 bits per heavy atom. The fourth-order valence-corrected chi connectivity index (χ4v) is 0. The Morgan fingerprint density at radius 1 is 0.889 bits per heavy atom. The van der Waals surface area contributed by atoms with E-state index in [0.29, 0.717) is 0 Å². The molecular weight excluding hydrogens is 350 g/mol. The van der Waals surface area contributed by atoms with Gasteiger partial charge >= 0.3 is 175 Å². The molecule has 0 atom stereocenters. The summed E-state index contributed by atoms with van der Waals surface area (Å²) in [4.78, 5) is 0. The van der Waals surface area contributed by atoms with Gasteiger partial charge in [0.15, 0.2) is 0 Å². The molecule has 0 fully saturated rings. The van der Waals surface area contributed by atoms with Crippen molar-refractivity contribution in [2.45, 2.75) is 0 Å². The zero-order valence-electron chi connectivity index (χ0n) is 5.63. The van der Waals surface area contributed by atoms with E-state index in [2.05, 4.69) is 0 Å². The summed E-state index contributed by atoms with van der Waals surface area (Å²) in [5.41, 5.74) is 0. The van der Waals surface area contributed by atoms with Crippen LogP contribution in [0.3, 0.4) is 0 Å². The summed E-state index contributed by atoms with van der Waals surface area (Å²) in [7, 11) is -2.92. The maximum atomic E-state index is 8.50. The van der Waals surface area contributed by atoms with Crippen molar-refractivity contribution >= 4 is 7.32 Å². The van der Waals surface area contributed by atoms with Gasteiger partial charge in [0.2, 0.25) is 0 Å². The number of halogens is 1. The van der Waals surface area contributed by atoms with Crippen LogP contribution < -0.4 is 190 Å². The van der Waals surface area contributed by atoms with Gasteiger partial charge in [-0.1, -0.05) is 4.53 Å². The Labute approximate surface area is 199 Å². The summed E-state index contributed by atoms with van der Waals surface area (Å²) >= 11 is 0. The number of rotatable bonds is 0. The quantitative estimate of drug-likeness (QED) is 0.439. The van der Waals surface area contributed by atoms with E-state index < -0.39 is 7.32 Å². The second-order valence-electron chi connectivity index (χ2n) is 0.289. The molecule has 0 rings (SSSR count). The molecule has 9 heavy (non-hydrogen) atoms. The van der Waals surface area contributed by atoms with E-state index in [1.807, 2.05) is 0 Å².